The van der Waals surface area contributed by atoms with Crippen LogP contribution in [0.5, 0.6) is 17.2 Å². The maximum atomic E-state index is 13.3. The van der Waals surface area contributed by atoms with Crippen LogP contribution in [0.4, 0.5) is 0 Å². The number of hydrogen-bond acceptors (Lipinski definition) is 8. The first-order chi connectivity index (χ1) is 17.9. The van der Waals surface area contributed by atoms with Gasteiger partial charge in [0.2, 0.25) is 0 Å². The number of para-hydroxylation sites is 1. The van der Waals surface area contributed by atoms with Crippen molar-refractivity contribution < 1.29 is 19.0 Å². The molecule has 0 atom stereocenters. The molecule has 0 aliphatic carbocycles. The molecule has 1 N–H and O–H groups in total. The number of hydrazone groups is 1. The second-order valence-electron chi connectivity index (χ2n) is 7.92. The summed E-state index contributed by atoms with van der Waals surface area (Å²) in [5.41, 5.74) is 5.22. The number of fused-ring (bicyclic) bond motifs is 1. The van der Waals surface area contributed by atoms with Crippen LogP contribution in [0.1, 0.15) is 11.1 Å². The van der Waals surface area contributed by atoms with Gasteiger partial charge in [0.15, 0.2) is 16.7 Å². The predicted octanol–water partition coefficient (Wildman–Crippen LogP) is 3.96. The van der Waals surface area contributed by atoms with Crippen LogP contribution in [-0.4, -0.2) is 48.8 Å². The molecule has 0 saturated carbocycles. The molecule has 0 aliphatic heterocycles. The van der Waals surface area contributed by atoms with E-state index in [4.69, 9.17) is 14.2 Å². The fourth-order valence-corrected chi connectivity index (χ4v) is 4.43. The maximum absolute atomic E-state index is 13.3. The van der Waals surface area contributed by atoms with Gasteiger partial charge in [0, 0.05) is 11.6 Å². The van der Waals surface area contributed by atoms with Crippen molar-refractivity contribution in [1.29, 1.82) is 0 Å². The molecule has 10 heteroatoms. The Morgan fingerprint density at radius 3 is 2.38 bits per heavy atom. The van der Waals surface area contributed by atoms with Crippen molar-refractivity contribution in [2.75, 3.05) is 27.1 Å². The number of aromatic nitrogens is 2. The quantitative estimate of drug-likeness (QED) is 0.155. The molecule has 4 aromatic rings. The molecule has 1 amide bonds. The minimum absolute atomic E-state index is 0.00293. The van der Waals surface area contributed by atoms with Crippen LogP contribution in [0, 0.1) is 6.92 Å². The van der Waals surface area contributed by atoms with Crippen LogP contribution in [0.15, 0.2) is 75.7 Å². The summed E-state index contributed by atoms with van der Waals surface area (Å²) in [5.74, 6) is 1.16. The summed E-state index contributed by atoms with van der Waals surface area (Å²) in [6.07, 6.45) is 1.46. The third-order valence-corrected chi connectivity index (χ3v) is 6.44. The zero-order valence-corrected chi connectivity index (χ0v) is 21.7. The summed E-state index contributed by atoms with van der Waals surface area (Å²) >= 11 is 1.15. The number of aryl methyl sites for hydroxylation is 1. The molecule has 0 unspecified atom stereocenters. The Labute approximate surface area is 218 Å². The predicted molar refractivity (Wildman–Crippen MR) is 145 cm³/mol. The lowest BCUT2D eigenvalue weighted by Crippen LogP contribution is -2.24. The van der Waals surface area contributed by atoms with Crippen molar-refractivity contribution >= 4 is 34.8 Å². The van der Waals surface area contributed by atoms with E-state index in [1.165, 1.54) is 32.1 Å². The van der Waals surface area contributed by atoms with E-state index in [1.807, 2.05) is 37.3 Å². The SMILES string of the molecule is COc1cc(OC)c(OC)cc1/C=N\NC(=O)CSc1nc2ccccc2c(=O)n1-c1ccc(C)cc1. The normalized spacial score (nSPS) is 11.0. The molecule has 0 aliphatic rings. The zero-order valence-electron chi connectivity index (χ0n) is 20.8. The third kappa shape index (κ3) is 5.75. The van der Waals surface area contributed by atoms with Gasteiger partial charge in [0.1, 0.15) is 5.75 Å². The molecule has 37 heavy (non-hydrogen) atoms. The highest BCUT2D eigenvalue weighted by molar-refractivity contribution is 7.99. The average molecular weight is 519 g/mol. The third-order valence-electron chi connectivity index (χ3n) is 5.50. The van der Waals surface area contributed by atoms with E-state index >= 15 is 0 Å². The fraction of sp³-hybridized carbons (Fsp3) is 0.185. The van der Waals surface area contributed by atoms with Gasteiger partial charge < -0.3 is 14.2 Å². The van der Waals surface area contributed by atoms with E-state index in [0.717, 1.165) is 17.3 Å². The molecule has 0 spiro atoms. The Bertz CT molecular complexity index is 1520. The van der Waals surface area contributed by atoms with Gasteiger partial charge in [-0.3, -0.25) is 14.2 Å². The van der Waals surface area contributed by atoms with E-state index in [-0.39, 0.29) is 17.2 Å². The van der Waals surface area contributed by atoms with Crippen LogP contribution >= 0.6 is 11.8 Å². The highest BCUT2D eigenvalue weighted by atomic mass is 32.2. The summed E-state index contributed by atoms with van der Waals surface area (Å²) in [4.78, 5) is 30.6. The topological polar surface area (TPSA) is 104 Å². The van der Waals surface area contributed by atoms with Gasteiger partial charge in [0.25, 0.3) is 11.5 Å². The number of amides is 1. The lowest BCUT2D eigenvalue weighted by molar-refractivity contribution is -0.118. The summed E-state index contributed by atoms with van der Waals surface area (Å²) in [5, 5.41) is 4.96. The second-order valence-corrected chi connectivity index (χ2v) is 8.86. The first-order valence-corrected chi connectivity index (χ1v) is 12.3. The van der Waals surface area contributed by atoms with Crippen LogP contribution in [-0.2, 0) is 4.79 Å². The Kier molecular flexibility index (Phi) is 8.09. The Hall–Kier alpha value is -4.31. The highest BCUT2D eigenvalue weighted by Gasteiger charge is 2.15. The molecule has 0 saturated heterocycles. The summed E-state index contributed by atoms with van der Waals surface area (Å²) < 4.78 is 17.5. The van der Waals surface area contributed by atoms with Crippen molar-refractivity contribution in [1.82, 2.24) is 15.0 Å². The lowest BCUT2D eigenvalue weighted by atomic mass is 10.2. The summed E-state index contributed by atoms with van der Waals surface area (Å²) in [6.45, 7) is 1.98. The van der Waals surface area contributed by atoms with Gasteiger partial charge in [-0.05, 0) is 37.3 Å². The molecule has 3 aromatic carbocycles. The molecule has 190 valence electrons. The Morgan fingerprint density at radius 1 is 1.00 bits per heavy atom. The molecule has 1 aromatic heterocycles. The van der Waals surface area contributed by atoms with Crippen LogP contribution < -0.4 is 25.2 Å². The van der Waals surface area contributed by atoms with Crippen molar-refractivity contribution in [3.05, 3.63) is 82.1 Å². The molecule has 1 heterocycles. The van der Waals surface area contributed by atoms with Gasteiger partial charge in [-0.1, -0.05) is 41.6 Å². The summed E-state index contributed by atoms with van der Waals surface area (Å²) in [7, 11) is 4.59. The smallest absolute Gasteiger partial charge is 0.266 e. The monoisotopic (exact) mass is 518 g/mol. The van der Waals surface area contributed by atoms with E-state index in [9.17, 15) is 9.59 Å². The number of ether oxygens (including phenoxy) is 3. The van der Waals surface area contributed by atoms with Crippen molar-refractivity contribution in [2.24, 2.45) is 5.10 Å². The minimum Gasteiger partial charge on any atom is -0.496 e. The van der Waals surface area contributed by atoms with Gasteiger partial charge in [-0.2, -0.15) is 5.10 Å². The molecule has 9 nitrogen and oxygen atoms in total. The van der Waals surface area contributed by atoms with E-state index < -0.39 is 0 Å². The molecule has 0 bridgehead atoms. The Morgan fingerprint density at radius 2 is 1.68 bits per heavy atom. The number of thioether (sulfide) groups is 1. The second kappa shape index (κ2) is 11.6. The number of rotatable bonds is 9. The first kappa shape index (κ1) is 25.8. The number of methoxy groups -OCH3 is 3. The summed E-state index contributed by atoms with van der Waals surface area (Å²) in [6, 6.07) is 18.1. The van der Waals surface area contributed by atoms with Crippen LogP contribution in [0.25, 0.3) is 16.6 Å². The van der Waals surface area contributed by atoms with E-state index in [1.54, 1.807) is 30.3 Å². The zero-order chi connectivity index (χ0) is 26.4. The largest absolute Gasteiger partial charge is 0.496 e. The van der Waals surface area contributed by atoms with Gasteiger partial charge in [-0.15, -0.1) is 0 Å². The number of hydrogen-bond donors (Lipinski definition) is 1. The first-order valence-electron chi connectivity index (χ1n) is 11.3. The number of nitrogens with one attached hydrogen (secondary N) is 1. The molecule has 0 radical (unpaired) electrons. The standard InChI is InChI=1S/C27H26N4O5S/c1-17-9-11-19(12-10-17)31-26(33)20-7-5-6-8-21(20)29-27(31)37-16-25(32)30-28-15-18-13-23(35-3)24(36-4)14-22(18)34-2/h5-15H,16H2,1-4H3,(H,30,32)/b28-15-. The number of nitrogens with zero attached hydrogens (tertiary/aromatic N) is 3. The van der Waals surface area contributed by atoms with Crippen LogP contribution in [0.2, 0.25) is 0 Å². The molecular weight excluding hydrogens is 492 g/mol. The molecule has 0 fully saturated rings. The van der Waals surface area contributed by atoms with Crippen LogP contribution in [0.3, 0.4) is 0 Å². The molecular formula is C27H26N4O5S. The van der Waals surface area contributed by atoms with Crippen molar-refractivity contribution in [2.45, 2.75) is 12.1 Å². The van der Waals surface area contributed by atoms with Gasteiger partial charge in [0.05, 0.1) is 49.9 Å². The lowest BCUT2D eigenvalue weighted by Gasteiger charge is -2.13. The Balaban J connectivity index is 1.54. The highest BCUT2D eigenvalue weighted by Crippen LogP contribution is 2.33. The van der Waals surface area contributed by atoms with E-state index in [0.29, 0.717) is 44.6 Å². The molecule has 4 rings (SSSR count). The van der Waals surface area contributed by atoms with Gasteiger partial charge in [-0.25, -0.2) is 10.4 Å². The maximum Gasteiger partial charge on any atom is 0.266 e. The number of benzene rings is 3. The van der Waals surface area contributed by atoms with E-state index in [2.05, 4.69) is 15.5 Å². The van der Waals surface area contributed by atoms with Crippen molar-refractivity contribution in [3.8, 4) is 22.9 Å². The van der Waals surface area contributed by atoms with Crippen molar-refractivity contribution in [3.63, 3.8) is 0 Å². The number of carbonyl (C=O) groups is 1. The fourth-order valence-electron chi connectivity index (χ4n) is 3.62. The average Bonchev–Trinajstić information content (AvgIpc) is 2.92. The van der Waals surface area contributed by atoms with Gasteiger partial charge >= 0.3 is 0 Å². The number of carbonyl (C=O) groups excluding carboxylic acids is 1. The minimum atomic E-state index is -0.362.